The summed E-state index contributed by atoms with van der Waals surface area (Å²) < 4.78 is 32.7. The third kappa shape index (κ3) is 7.84. The fourth-order valence-corrected chi connectivity index (χ4v) is 3.33. The molecule has 0 aromatic heterocycles. The van der Waals surface area contributed by atoms with E-state index in [4.69, 9.17) is 14.2 Å². The zero-order valence-electron chi connectivity index (χ0n) is 18.3. The molecular formula is C27H31FO4. The molecule has 170 valence electrons. The molecule has 0 aliphatic heterocycles. The molecule has 0 spiro atoms. The predicted octanol–water partition coefficient (Wildman–Crippen LogP) is 5.09. The monoisotopic (exact) mass is 438 g/mol. The highest BCUT2D eigenvalue weighted by Crippen LogP contribution is 2.19. The van der Waals surface area contributed by atoms with Crippen LogP contribution in [-0.2, 0) is 34.0 Å². The summed E-state index contributed by atoms with van der Waals surface area (Å²) in [4.78, 5) is 0. The van der Waals surface area contributed by atoms with Crippen LogP contribution in [0.1, 0.15) is 23.6 Å². The number of hydrogen-bond acceptors (Lipinski definition) is 4. The van der Waals surface area contributed by atoms with Gasteiger partial charge >= 0.3 is 0 Å². The van der Waals surface area contributed by atoms with E-state index in [0.29, 0.717) is 13.2 Å². The Morgan fingerprint density at radius 2 is 1.12 bits per heavy atom. The van der Waals surface area contributed by atoms with Gasteiger partial charge in [0.2, 0.25) is 0 Å². The predicted molar refractivity (Wildman–Crippen MR) is 123 cm³/mol. The first-order valence-corrected chi connectivity index (χ1v) is 10.9. The Morgan fingerprint density at radius 3 is 1.62 bits per heavy atom. The number of aliphatic hydroxyl groups is 1. The van der Waals surface area contributed by atoms with Crippen molar-refractivity contribution in [2.24, 2.45) is 0 Å². The molecule has 4 atom stereocenters. The van der Waals surface area contributed by atoms with Crippen LogP contribution in [0.15, 0.2) is 91.0 Å². The molecule has 0 bridgehead atoms. The molecule has 0 fully saturated rings. The van der Waals surface area contributed by atoms with Crippen molar-refractivity contribution in [3.8, 4) is 0 Å². The summed E-state index contributed by atoms with van der Waals surface area (Å²) in [6.07, 6.45) is -4.52. The van der Waals surface area contributed by atoms with Crippen LogP contribution < -0.4 is 0 Å². The molecule has 0 aliphatic rings. The van der Waals surface area contributed by atoms with Crippen molar-refractivity contribution < 1.29 is 23.7 Å². The second kappa shape index (κ2) is 13.1. The average Bonchev–Trinajstić information content (AvgIpc) is 2.84. The third-order valence-electron chi connectivity index (χ3n) is 5.19. The normalized spacial score (nSPS) is 15.1. The maximum absolute atomic E-state index is 15.3. The van der Waals surface area contributed by atoms with Gasteiger partial charge in [-0.1, -0.05) is 91.0 Å². The number of hydrogen-bond donors (Lipinski definition) is 1. The minimum atomic E-state index is -1.67. The van der Waals surface area contributed by atoms with E-state index in [2.05, 4.69) is 0 Å². The van der Waals surface area contributed by atoms with E-state index in [1.807, 2.05) is 91.0 Å². The van der Waals surface area contributed by atoms with Gasteiger partial charge in [-0.15, -0.1) is 0 Å². The molecule has 32 heavy (non-hydrogen) atoms. The van der Waals surface area contributed by atoms with Gasteiger partial charge < -0.3 is 19.3 Å². The zero-order valence-corrected chi connectivity index (χ0v) is 18.3. The Balaban J connectivity index is 1.58. The molecule has 5 heteroatoms. The number of aliphatic hydroxyl groups excluding tert-OH is 1. The Hall–Kier alpha value is -2.57. The van der Waals surface area contributed by atoms with Crippen LogP contribution >= 0.6 is 0 Å². The maximum atomic E-state index is 15.3. The molecular weight excluding hydrogens is 407 g/mol. The second-order valence-corrected chi connectivity index (χ2v) is 7.78. The van der Waals surface area contributed by atoms with Gasteiger partial charge in [0.05, 0.1) is 32.5 Å². The first kappa shape index (κ1) is 24.1. The molecule has 0 amide bonds. The molecule has 0 saturated carbocycles. The number of halogens is 1. The van der Waals surface area contributed by atoms with Gasteiger partial charge in [0, 0.05) is 0 Å². The van der Waals surface area contributed by atoms with Crippen LogP contribution in [0.25, 0.3) is 0 Å². The molecule has 4 nitrogen and oxygen atoms in total. The van der Waals surface area contributed by atoms with Gasteiger partial charge in [-0.2, -0.15) is 0 Å². The molecule has 1 N–H and O–H groups in total. The molecule has 0 aliphatic carbocycles. The lowest BCUT2D eigenvalue weighted by molar-refractivity contribution is -0.139. The van der Waals surface area contributed by atoms with Gasteiger partial charge in [-0.25, -0.2) is 4.39 Å². The third-order valence-corrected chi connectivity index (χ3v) is 5.19. The minimum absolute atomic E-state index is 0.132. The van der Waals surface area contributed by atoms with Crippen LogP contribution in [0.2, 0.25) is 0 Å². The van der Waals surface area contributed by atoms with E-state index < -0.39 is 24.5 Å². The molecule has 0 saturated heterocycles. The number of ether oxygens (including phenoxy) is 3. The summed E-state index contributed by atoms with van der Waals surface area (Å²) in [5.74, 6) is 0. The summed E-state index contributed by atoms with van der Waals surface area (Å²) in [5, 5.41) is 10.5. The van der Waals surface area contributed by atoms with Crippen LogP contribution in [-0.4, -0.2) is 36.2 Å². The Labute approximate surface area is 189 Å². The number of alkyl halides is 1. The van der Waals surface area contributed by atoms with Gasteiger partial charge in [0.1, 0.15) is 12.2 Å². The molecule has 3 aromatic carbocycles. The molecule has 0 radical (unpaired) electrons. The summed E-state index contributed by atoms with van der Waals surface area (Å²) >= 11 is 0. The summed E-state index contributed by atoms with van der Waals surface area (Å²) in [7, 11) is 0. The molecule has 0 heterocycles. The van der Waals surface area contributed by atoms with E-state index >= 15 is 4.39 Å². The van der Waals surface area contributed by atoms with E-state index in [1.165, 1.54) is 0 Å². The fourth-order valence-electron chi connectivity index (χ4n) is 3.33. The molecule has 3 rings (SSSR count). The van der Waals surface area contributed by atoms with Crippen molar-refractivity contribution in [1.29, 1.82) is 0 Å². The maximum Gasteiger partial charge on any atom is 0.157 e. The van der Waals surface area contributed by atoms with Gasteiger partial charge in [0.15, 0.2) is 6.17 Å². The van der Waals surface area contributed by atoms with Gasteiger partial charge in [-0.3, -0.25) is 0 Å². The van der Waals surface area contributed by atoms with Crippen LogP contribution in [0, 0.1) is 0 Å². The first-order valence-electron chi connectivity index (χ1n) is 10.9. The highest BCUT2D eigenvalue weighted by molar-refractivity contribution is 5.15. The van der Waals surface area contributed by atoms with Crippen LogP contribution in [0.4, 0.5) is 4.39 Å². The summed E-state index contributed by atoms with van der Waals surface area (Å²) in [6.45, 7) is 2.50. The van der Waals surface area contributed by atoms with E-state index in [0.717, 1.165) is 16.7 Å². The number of rotatable bonds is 13. The standard InChI is InChI=1S/C27H31FO4/c1-21(31-18-23-13-7-3-8-14-23)27(32-19-24-15-9-4-10-16-24)26(28)25(29)20-30-17-22-11-5-2-6-12-22/h2-16,21,25-27,29H,17-20H2,1H3/t21-,25+,26+,27+/m0/s1. The lowest BCUT2D eigenvalue weighted by Gasteiger charge is -2.30. The second-order valence-electron chi connectivity index (χ2n) is 7.78. The van der Waals surface area contributed by atoms with E-state index in [-0.39, 0.29) is 13.2 Å². The zero-order chi connectivity index (χ0) is 22.6. The first-order chi connectivity index (χ1) is 15.6. The lowest BCUT2D eigenvalue weighted by Crippen LogP contribution is -2.45. The van der Waals surface area contributed by atoms with Crippen molar-refractivity contribution in [3.63, 3.8) is 0 Å². The van der Waals surface area contributed by atoms with Crippen molar-refractivity contribution in [3.05, 3.63) is 108 Å². The Bertz CT molecular complexity index is 876. The van der Waals surface area contributed by atoms with Crippen LogP contribution in [0.5, 0.6) is 0 Å². The van der Waals surface area contributed by atoms with Crippen LogP contribution in [0.3, 0.4) is 0 Å². The van der Waals surface area contributed by atoms with Crippen molar-refractivity contribution in [1.82, 2.24) is 0 Å². The van der Waals surface area contributed by atoms with Crippen molar-refractivity contribution >= 4 is 0 Å². The summed E-state index contributed by atoms with van der Waals surface area (Å²) in [5.41, 5.74) is 2.88. The molecule has 3 aromatic rings. The quantitative estimate of drug-likeness (QED) is 0.404. The molecule has 0 unspecified atom stereocenters. The largest absolute Gasteiger partial charge is 0.388 e. The topological polar surface area (TPSA) is 47.9 Å². The van der Waals surface area contributed by atoms with Crippen molar-refractivity contribution in [2.75, 3.05) is 6.61 Å². The lowest BCUT2D eigenvalue weighted by atomic mass is 10.0. The van der Waals surface area contributed by atoms with E-state index in [1.54, 1.807) is 6.92 Å². The van der Waals surface area contributed by atoms with Gasteiger partial charge in [-0.05, 0) is 23.6 Å². The highest BCUT2D eigenvalue weighted by atomic mass is 19.1. The Kier molecular flexibility index (Phi) is 9.85. The Morgan fingerprint density at radius 1 is 0.688 bits per heavy atom. The SMILES string of the molecule is C[C@H](OCc1ccccc1)[C@@H](OCc1ccccc1)[C@H](F)[C@H](O)COCc1ccccc1. The van der Waals surface area contributed by atoms with Crippen molar-refractivity contribution in [2.45, 2.75) is 51.2 Å². The summed E-state index contributed by atoms with van der Waals surface area (Å²) in [6, 6.07) is 28.8. The smallest absolute Gasteiger partial charge is 0.157 e. The number of benzene rings is 3. The highest BCUT2D eigenvalue weighted by Gasteiger charge is 2.34. The average molecular weight is 439 g/mol. The minimum Gasteiger partial charge on any atom is -0.388 e. The van der Waals surface area contributed by atoms with Gasteiger partial charge in [0.25, 0.3) is 0 Å². The van der Waals surface area contributed by atoms with E-state index in [9.17, 15) is 5.11 Å². The fraction of sp³-hybridized carbons (Fsp3) is 0.333.